The van der Waals surface area contributed by atoms with Gasteiger partial charge in [-0.2, -0.15) is 11.8 Å². The van der Waals surface area contributed by atoms with Gasteiger partial charge in [0.05, 0.1) is 6.54 Å². The van der Waals surface area contributed by atoms with Crippen LogP contribution in [0.4, 0.5) is 0 Å². The van der Waals surface area contributed by atoms with E-state index in [4.69, 9.17) is 0 Å². The number of benzene rings is 1. The van der Waals surface area contributed by atoms with Gasteiger partial charge in [-0.3, -0.25) is 14.2 Å². The van der Waals surface area contributed by atoms with Gasteiger partial charge in [-0.05, 0) is 24.0 Å². The highest BCUT2D eigenvalue weighted by Crippen LogP contribution is 2.10. The average molecular weight is 354 g/mol. The number of carbonyl (C=O) groups is 1. The van der Waals surface area contributed by atoms with E-state index >= 15 is 0 Å². The first kappa shape index (κ1) is 17.2. The summed E-state index contributed by atoms with van der Waals surface area (Å²) in [6.45, 7) is 0.825. The van der Waals surface area contributed by atoms with Crippen molar-refractivity contribution in [1.82, 2.24) is 19.9 Å². The molecule has 0 unspecified atom stereocenters. The molecule has 2 heterocycles. The molecule has 128 valence electrons. The number of rotatable bonds is 6. The molecular weight excluding hydrogens is 336 g/mol. The highest BCUT2D eigenvalue weighted by atomic mass is 32.2. The molecule has 0 radical (unpaired) electrons. The van der Waals surface area contributed by atoms with E-state index in [0.29, 0.717) is 24.3 Å². The second-order valence-electron chi connectivity index (χ2n) is 5.43. The fraction of sp³-hybridized carbons (Fsp3) is 0.222. The fourth-order valence-electron chi connectivity index (χ4n) is 2.49. The van der Waals surface area contributed by atoms with E-state index in [-0.39, 0.29) is 5.69 Å². The maximum atomic E-state index is 12.9. The standard InChI is InChI=1S/C18H18N4O2S/c1-25-11-10-20-17(23)15-18(24)22(12-13-6-3-2-4-7-13)16-14(21-15)8-5-9-19-16/h2-9H,10-12H2,1H3,(H,20,23). The third-order valence-electron chi connectivity index (χ3n) is 3.69. The van der Waals surface area contributed by atoms with E-state index in [1.807, 2.05) is 36.6 Å². The van der Waals surface area contributed by atoms with Gasteiger partial charge in [0.2, 0.25) is 0 Å². The smallest absolute Gasteiger partial charge is 0.284 e. The molecule has 0 aliphatic carbocycles. The molecule has 25 heavy (non-hydrogen) atoms. The van der Waals surface area contributed by atoms with Crippen LogP contribution in [0.25, 0.3) is 11.2 Å². The minimum Gasteiger partial charge on any atom is -0.350 e. The van der Waals surface area contributed by atoms with Crippen molar-refractivity contribution >= 4 is 28.8 Å². The Balaban J connectivity index is 2.06. The van der Waals surface area contributed by atoms with E-state index < -0.39 is 11.5 Å². The molecule has 7 heteroatoms. The van der Waals surface area contributed by atoms with Gasteiger partial charge in [-0.1, -0.05) is 30.3 Å². The Morgan fingerprint density at radius 3 is 2.76 bits per heavy atom. The Hall–Kier alpha value is -2.67. The van der Waals surface area contributed by atoms with Crippen molar-refractivity contribution in [2.45, 2.75) is 6.54 Å². The Morgan fingerprint density at radius 2 is 2.00 bits per heavy atom. The van der Waals surface area contributed by atoms with E-state index in [9.17, 15) is 9.59 Å². The summed E-state index contributed by atoms with van der Waals surface area (Å²) in [5.74, 6) is 0.325. The maximum absolute atomic E-state index is 12.9. The van der Waals surface area contributed by atoms with Gasteiger partial charge in [-0.15, -0.1) is 0 Å². The maximum Gasteiger partial charge on any atom is 0.284 e. The zero-order valence-corrected chi connectivity index (χ0v) is 14.6. The predicted molar refractivity (Wildman–Crippen MR) is 100 cm³/mol. The largest absolute Gasteiger partial charge is 0.350 e. The minimum atomic E-state index is -0.452. The molecule has 6 nitrogen and oxygen atoms in total. The molecule has 0 fully saturated rings. The highest BCUT2D eigenvalue weighted by Gasteiger charge is 2.18. The van der Waals surface area contributed by atoms with Gasteiger partial charge in [0.15, 0.2) is 11.3 Å². The van der Waals surface area contributed by atoms with Crippen molar-refractivity contribution in [2.75, 3.05) is 18.6 Å². The van der Waals surface area contributed by atoms with Crippen molar-refractivity contribution in [3.63, 3.8) is 0 Å². The molecule has 0 atom stereocenters. The molecule has 3 rings (SSSR count). The van der Waals surface area contributed by atoms with E-state index in [2.05, 4.69) is 15.3 Å². The average Bonchev–Trinajstić information content (AvgIpc) is 2.65. The minimum absolute atomic E-state index is 0.0995. The lowest BCUT2D eigenvalue weighted by Crippen LogP contribution is -2.36. The lowest BCUT2D eigenvalue weighted by Gasteiger charge is -2.11. The molecular formula is C18H18N4O2S. The van der Waals surface area contributed by atoms with Crippen LogP contribution >= 0.6 is 11.8 Å². The van der Waals surface area contributed by atoms with Crippen LogP contribution in [0.1, 0.15) is 16.1 Å². The number of hydrogen-bond acceptors (Lipinski definition) is 5. The summed E-state index contributed by atoms with van der Waals surface area (Å²) in [6, 6.07) is 13.1. The van der Waals surface area contributed by atoms with Gasteiger partial charge < -0.3 is 5.32 Å². The van der Waals surface area contributed by atoms with Crippen LogP contribution in [0.2, 0.25) is 0 Å². The Labute approximate surface area is 149 Å². The number of amides is 1. The van der Waals surface area contributed by atoms with Crippen molar-refractivity contribution in [2.24, 2.45) is 0 Å². The number of nitrogens with zero attached hydrogens (tertiary/aromatic N) is 3. The van der Waals surface area contributed by atoms with Crippen molar-refractivity contribution in [1.29, 1.82) is 0 Å². The molecule has 1 N–H and O–H groups in total. The SMILES string of the molecule is CSCCNC(=O)c1nc2cccnc2n(Cc2ccccc2)c1=O. The number of fused-ring (bicyclic) bond motifs is 1. The summed E-state index contributed by atoms with van der Waals surface area (Å²) in [5, 5.41) is 2.74. The zero-order chi connectivity index (χ0) is 17.6. The number of carbonyl (C=O) groups excluding carboxylic acids is 1. The highest BCUT2D eigenvalue weighted by molar-refractivity contribution is 7.98. The molecule has 0 aliphatic rings. The van der Waals surface area contributed by atoms with Gasteiger partial charge in [-0.25, -0.2) is 9.97 Å². The van der Waals surface area contributed by atoms with Crippen LogP contribution in [-0.2, 0) is 6.54 Å². The van der Waals surface area contributed by atoms with Gasteiger partial charge in [0, 0.05) is 18.5 Å². The number of pyridine rings is 1. The molecule has 0 aliphatic heterocycles. The topological polar surface area (TPSA) is 76.9 Å². The Bertz CT molecular complexity index is 941. The summed E-state index contributed by atoms with van der Waals surface area (Å²) in [4.78, 5) is 33.7. The quantitative estimate of drug-likeness (QED) is 0.685. The summed E-state index contributed by atoms with van der Waals surface area (Å²) in [7, 11) is 0. The van der Waals surface area contributed by atoms with Gasteiger partial charge in [0.1, 0.15) is 5.52 Å². The Morgan fingerprint density at radius 1 is 1.20 bits per heavy atom. The Kier molecular flexibility index (Phi) is 5.45. The first-order valence-corrected chi connectivity index (χ1v) is 9.26. The van der Waals surface area contributed by atoms with Crippen LogP contribution in [0.3, 0.4) is 0 Å². The molecule has 0 bridgehead atoms. The molecule has 0 saturated carbocycles. The summed E-state index contributed by atoms with van der Waals surface area (Å²) in [6.07, 6.45) is 3.57. The van der Waals surface area contributed by atoms with Crippen LogP contribution in [0.5, 0.6) is 0 Å². The lowest BCUT2D eigenvalue weighted by atomic mass is 10.2. The lowest BCUT2D eigenvalue weighted by molar-refractivity contribution is 0.0949. The van der Waals surface area contributed by atoms with E-state index in [0.717, 1.165) is 11.3 Å². The van der Waals surface area contributed by atoms with E-state index in [1.165, 1.54) is 4.57 Å². The van der Waals surface area contributed by atoms with Crippen molar-refractivity contribution in [3.05, 3.63) is 70.3 Å². The summed E-state index contributed by atoms with van der Waals surface area (Å²) < 4.78 is 1.50. The van der Waals surface area contributed by atoms with Crippen LogP contribution in [-0.4, -0.2) is 39.0 Å². The van der Waals surface area contributed by atoms with Crippen molar-refractivity contribution in [3.8, 4) is 0 Å². The van der Waals surface area contributed by atoms with Gasteiger partial charge >= 0.3 is 0 Å². The monoisotopic (exact) mass is 354 g/mol. The third kappa shape index (κ3) is 3.88. The molecule has 0 saturated heterocycles. The third-order valence-corrected chi connectivity index (χ3v) is 4.30. The molecule has 1 aromatic carbocycles. The van der Waals surface area contributed by atoms with Crippen LogP contribution < -0.4 is 10.9 Å². The first-order chi connectivity index (χ1) is 12.2. The second kappa shape index (κ2) is 7.94. The number of hydrogen-bond donors (Lipinski definition) is 1. The number of thioether (sulfide) groups is 1. The number of aromatic nitrogens is 3. The first-order valence-electron chi connectivity index (χ1n) is 7.87. The summed E-state index contributed by atoms with van der Waals surface area (Å²) >= 11 is 1.62. The summed E-state index contributed by atoms with van der Waals surface area (Å²) in [5.41, 5.74) is 1.41. The molecule has 3 aromatic rings. The normalized spacial score (nSPS) is 10.8. The number of nitrogens with one attached hydrogen (secondary N) is 1. The predicted octanol–water partition coefficient (Wildman–Crippen LogP) is 1.93. The van der Waals surface area contributed by atoms with Gasteiger partial charge in [0.25, 0.3) is 11.5 Å². The molecule has 1 amide bonds. The van der Waals surface area contributed by atoms with E-state index in [1.54, 1.807) is 30.1 Å². The van der Waals surface area contributed by atoms with Crippen LogP contribution in [0, 0.1) is 0 Å². The fourth-order valence-corrected chi connectivity index (χ4v) is 2.79. The van der Waals surface area contributed by atoms with Crippen molar-refractivity contribution < 1.29 is 4.79 Å². The molecule has 2 aromatic heterocycles. The zero-order valence-electron chi connectivity index (χ0n) is 13.8. The molecule has 0 spiro atoms. The van der Waals surface area contributed by atoms with Crippen LogP contribution in [0.15, 0.2) is 53.5 Å². The second-order valence-corrected chi connectivity index (χ2v) is 6.42.